The molecule has 0 aliphatic heterocycles. The lowest BCUT2D eigenvalue weighted by Gasteiger charge is -2.29. The highest BCUT2D eigenvalue weighted by Gasteiger charge is 2.37. The zero-order valence-corrected chi connectivity index (χ0v) is 16.7. The van der Waals surface area contributed by atoms with E-state index in [1.165, 1.54) is 34.9 Å². The van der Waals surface area contributed by atoms with Crippen LogP contribution in [-0.2, 0) is 19.7 Å². The molecule has 7 nitrogen and oxygen atoms in total. The van der Waals surface area contributed by atoms with Gasteiger partial charge in [0.05, 0.1) is 17.9 Å². The smallest absolute Gasteiger partial charge is 0.276 e. The molecular formula is C15H23BrN2O5S. The molecule has 0 aromatic heterocycles. The quantitative estimate of drug-likeness (QED) is 0.678. The molecule has 2 N–H and O–H groups in total. The normalized spacial score (nSPS) is 15.0. The number of aliphatic hydroxyl groups is 1. The van der Waals surface area contributed by atoms with Crippen molar-refractivity contribution in [3.63, 3.8) is 0 Å². The van der Waals surface area contributed by atoms with Crippen LogP contribution >= 0.6 is 15.9 Å². The van der Waals surface area contributed by atoms with Crippen molar-refractivity contribution in [1.29, 1.82) is 0 Å². The van der Waals surface area contributed by atoms with Crippen molar-refractivity contribution in [3.05, 3.63) is 34.3 Å². The minimum Gasteiger partial charge on any atom is -0.381 e. The zero-order valence-electron chi connectivity index (χ0n) is 14.3. The average molecular weight is 423 g/mol. The number of aliphatic hydroxyl groups excluding tert-OH is 1. The molecule has 0 bridgehead atoms. The lowest BCUT2D eigenvalue weighted by atomic mass is 10.0. The molecule has 1 aromatic rings. The molecule has 0 radical (unpaired) electrons. The molecule has 24 heavy (non-hydrogen) atoms. The Labute approximate surface area is 151 Å². The first-order valence-corrected chi connectivity index (χ1v) is 9.45. The molecule has 0 unspecified atom stereocenters. The van der Waals surface area contributed by atoms with Gasteiger partial charge in [0, 0.05) is 11.5 Å². The summed E-state index contributed by atoms with van der Waals surface area (Å²) in [6, 6.07) is 5.51. The molecule has 0 fully saturated rings. The standard InChI is InChI=1S/C15H23BrN2O5S/c1-15(2,3)24(21,22)17-12(10-6-8-11(16)9-7-10)13(19)14(20)18(4)23-5/h6-9,12-13,17,19H,1-5H3/t12-,13+/m1/s1. The van der Waals surface area contributed by atoms with Crippen molar-refractivity contribution in [2.45, 2.75) is 37.7 Å². The molecule has 9 heteroatoms. The SMILES string of the molecule is CON(C)C(=O)[C@@H](O)[C@H](NS(=O)(=O)C(C)(C)C)c1ccc(Br)cc1. The Morgan fingerprint density at radius 2 is 1.79 bits per heavy atom. The van der Waals surface area contributed by atoms with E-state index in [-0.39, 0.29) is 0 Å². The average Bonchev–Trinajstić information content (AvgIpc) is 2.50. The van der Waals surface area contributed by atoms with Gasteiger partial charge in [-0.1, -0.05) is 28.1 Å². The summed E-state index contributed by atoms with van der Waals surface area (Å²) in [6.07, 6.45) is -1.65. The number of likely N-dealkylation sites (N-methyl/N-ethyl adjacent to an activating group) is 1. The number of nitrogens with one attached hydrogen (secondary N) is 1. The molecule has 0 saturated heterocycles. The van der Waals surface area contributed by atoms with Gasteiger partial charge in [-0.3, -0.25) is 9.63 Å². The highest BCUT2D eigenvalue weighted by Crippen LogP contribution is 2.25. The molecule has 1 rings (SSSR count). The third kappa shape index (κ3) is 5.00. The fourth-order valence-corrected chi connectivity index (χ4v) is 2.96. The molecule has 0 aliphatic rings. The lowest BCUT2D eigenvalue weighted by Crippen LogP contribution is -2.49. The molecule has 136 valence electrons. The molecule has 0 aliphatic carbocycles. The Hall–Kier alpha value is -1.00. The Morgan fingerprint density at radius 1 is 1.29 bits per heavy atom. The van der Waals surface area contributed by atoms with E-state index in [2.05, 4.69) is 20.7 Å². The van der Waals surface area contributed by atoms with Gasteiger partial charge >= 0.3 is 0 Å². The van der Waals surface area contributed by atoms with Crippen LogP contribution in [0.15, 0.2) is 28.7 Å². The number of hydrogen-bond acceptors (Lipinski definition) is 5. The maximum absolute atomic E-state index is 12.5. The third-order valence-corrected chi connectivity index (χ3v) is 6.18. The van der Waals surface area contributed by atoms with Crippen LogP contribution in [0.3, 0.4) is 0 Å². The van der Waals surface area contributed by atoms with Gasteiger partial charge in [-0.25, -0.2) is 18.2 Å². The van der Waals surface area contributed by atoms with E-state index in [0.717, 1.165) is 9.54 Å². The van der Waals surface area contributed by atoms with Gasteiger partial charge < -0.3 is 5.11 Å². The van der Waals surface area contributed by atoms with E-state index >= 15 is 0 Å². The maximum atomic E-state index is 12.5. The first kappa shape index (κ1) is 21.0. The van der Waals surface area contributed by atoms with Crippen LogP contribution in [0.5, 0.6) is 0 Å². The van der Waals surface area contributed by atoms with E-state index in [9.17, 15) is 18.3 Å². The summed E-state index contributed by atoms with van der Waals surface area (Å²) in [4.78, 5) is 17.0. The Bertz CT molecular complexity index is 670. The van der Waals surface area contributed by atoms with E-state index < -0.39 is 32.8 Å². The molecule has 0 saturated carbocycles. The van der Waals surface area contributed by atoms with Crippen LogP contribution in [0.2, 0.25) is 0 Å². The highest BCUT2D eigenvalue weighted by atomic mass is 79.9. The van der Waals surface area contributed by atoms with Crippen LogP contribution in [0, 0.1) is 0 Å². The monoisotopic (exact) mass is 422 g/mol. The van der Waals surface area contributed by atoms with Crippen LogP contribution in [0.1, 0.15) is 32.4 Å². The molecular weight excluding hydrogens is 400 g/mol. The molecule has 2 atom stereocenters. The van der Waals surface area contributed by atoms with Crippen LogP contribution in [-0.4, -0.2) is 49.5 Å². The van der Waals surface area contributed by atoms with Gasteiger partial charge in [-0.05, 0) is 38.5 Å². The number of rotatable bonds is 6. The van der Waals surface area contributed by atoms with E-state index in [4.69, 9.17) is 4.84 Å². The van der Waals surface area contributed by atoms with E-state index in [1.807, 2.05) is 0 Å². The van der Waals surface area contributed by atoms with Crippen molar-refractivity contribution >= 4 is 31.9 Å². The van der Waals surface area contributed by atoms with Gasteiger partial charge in [0.15, 0.2) is 6.10 Å². The first-order valence-electron chi connectivity index (χ1n) is 7.18. The van der Waals surface area contributed by atoms with Crippen molar-refractivity contribution in [2.24, 2.45) is 0 Å². The van der Waals surface area contributed by atoms with Gasteiger partial charge in [0.1, 0.15) is 0 Å². The summed E-state index contributed by atoms with van der Waals surface area (Å²) in [5.74, 6) is -0.762. The number of nitrogens with zero attached hydrogens (tertiary/aromatic N) is 1. The topological polar surface area (TPSA) is 95.9 Å². The van der Waals surface area contributed by atoms with Crippen molar-refractivity contribution < 1.29 is 23.2 Å². The van der Waals surface area contributed by atoms with Gasteiger partial charge in [-0.2, -0.15) is 0 Å². The fourth-order valence-electron chi connectivity index (χ4n) is 1.75. The minimum atomic E-state index is -3.80. The van der Waals surface area contributed by atoms with E-state index in [1.54, 1.807) is 24.3 Å². The summed E-state index contributed by atoms with van der Waals surface area (Å²) >= 11 is 3.29. The predicted octanol–water partition coefficient (Wildman–Crippen LogP) is 1.59. The predicted molar refractivity (Wildman–Crippen MR) is 94.5 cm³/mol. The maximum Gasteiger partial charge on any atom is 0.276 e. The molecule has 1 aromatic carbocycles. The number of hydrogen-bond donors (Lipinski definition) is 2. The zero-order chi connectivity index (χ0) is 18.7. The summed E-state index contributed by atoms with van der Waals surface area (Å²) in [5.41, 5.74) is 0.455. The van der Waals surface area contributed by atoms with Crippen LogP contribution in [0.25, 0.3) is 0 Å². The van der Waals surface area contributed by atoms with Crippen molar-refractivity contribution in [3.8, 4) is 0 Å². The third-order valence-electron chi connectivity index (χ3n) is 3.47. The van der Waals surface area contributed by atoms with Gasteiger partial charge in [-0.15, -0.1) is 0 Å². The Balaban J connectivity index is 3.27. The largest absolute Gasteiger partial charge is 0.381 e. The van der Waals surface area contributed by atoms with Crippen LogP contribution in [0.4, 0.5) is 0 Å². The number of benzene rings is 1. The number of halogens is 1. The Kier molecular flexibility index (Phi) is 6.94. The molecule has 0 heterocycles. The Morgan fingerprint density at radius 3 is 2.21 bits per heavy atom. The number of sulfonamides is 1. The minimum absolute atomic E-state index is 0.455. The summed E-state index contributed by atoms with van der Waals surface area (Å²) in [6.45, 7) is 4.59. The van der Waals surface area contributed by atoms with E-state index in [0.29, 0.717) is 5.56 Å². The first-order chi connectivity index (χ1) is 10.9. The second-order valence-electron chi connectivity index (χ2n) is 6.23. The highest BCUT2D eigenvalue weighted by molar-refractivity contribution is 9.10. The fraction of sp³-hybridized carbons (Fsp3) is 0.533. The van der Waals surface area contributed by atoms with Gasteiger partial charge in [0.2, 0.25) is 10.0 Å². The molecule has 1 amide bonds. The van der Waals surface area contributed by atoms with Crippen LogP contribution < -0.4 is 4.72 Å². The summed E-state index contributed by atoms with van der Waals surface area (Å²) in [7, 11) is -1.19. The summed E-state index contributed by atoms with van der Waals surface area (Å²) < 4.78 is 27.1. The number of carbonyl (C=O) groups excluding carboxylic acids is 1. The second-order valence-corrected chi connectivity index (χ2v) is 9.61. The number of amides is 1. The number of carbonyl (C=O) groups is 1. The lowest BCUT2D eigenvalue weighted by molar-refractivity contribution is -0.179. The van der Waals surface area contributed by atoms with Crippen molar-refractivity contribution in [2.75, 3.05) is 14.2 Å². The van der Waals surface area contributed by atoms with Crippen molar-refractivity contribution in [1.82, 2.24) is 9.79 Å². The van der Waals surface area contributed by atoms with Gasteiger partial charge in [0.25, 0.3) is 5.91 Å². The summed E-state index contributed by atoms with van der Waals surface area (Å²) in [5, 5.41) is 11.3. The molecule has 0 spiro atoms. The second kappa shape index (κ2) is 7.92. The number of hydroxylamine groups is 2.